The Morgan fingerprint density at radius 3 is 2.92 bits per heavy atom. The number of nitrogens with zero attached hydrogens (tertiary/aromatic N) is 2. The van der Waals surface area contributed by atoms with Crippen molar-refractivity contribution in [2.24, 2.45) is 0 Å². The molecular formula is C19H25N3OS2. The van der Waals surface area contributed by atoms with E-state index in [9.17, 15) is 4.79 Å². The summed E-state index contributed by atoms with van der Waals surface area (Å²) >= 11 is 3.49. The molecule has 0 unspecified atom stereocenters. The quantitative estimate of drug-likeness (QED) is 0.816. The second-order valence-corrected chi connectivity index (χ2v) is 9.03. The molecule has 2 aromatic heterocycles. The van der Waals surface area contributed by atoms with E-state index in [0.29, 0.717) is 0 Å². The molecule has 6 heteroatoms. The van der Waals surface area contributed by atoms with E-state index in [2.05, 4.69) is 39.7 Å². The lowest BCUT2D eigenvalue weighted by molar-refractivity contribution is 0.0953. The molecule has 1 aliphatic carbocycles. The predicted octanol–water partition coefficient (Wildman–Crippen LogP) is 2.94. The van der Waals surface area contributed by atoms with Gasteiger partial charge in [0.1, 0.15) is 0 Å². The Bertz CT molecular complexity index is 744. The Morgan fingerprint density at radius 2 is 2.08 bits per heavy atom. The van der Waals surface area contributed by atoms with Gasteiger partial charge in [-0.2, -0.15) is 0 Å². The Labute approximate surface area is 157 Å². The fourth-order valence-electron chi connectivity index (χ4n) is 3.60. The van der Waals surface area contributed by atoms with E-state index in [1.165, 1.54) is 20.9 Å². The number of aryl methyl sites for hydroxylation is 2. The van der Waals surface area contributed by atoms with Gasteiger partial charge in [0.05, 0.1) is 4.88 Å². The number of piperazine rings is 1. The van der Waals surface area contributed by atoms with E-state index in [1.807, 2.05) is 11.3 Å². The van der Waals surface area contributed by atoms with Gasteiger partial charge in [-0.05, 0) is 55.9 Å². The second-order valence-electron chi connectivity index (χ2n) is 6.98. The van der Waals surface area contributed by atoms with Crippen LogP contribution in [-0.2, 0) is 12.8 Å². The molecule has 0 aromatic carbocycles. The average molecular weight is 376 g/mol. The van der Waals surface area contributed by atoms with Crippen molar-refractivity contribution in [2.75, 3.05) is 46.3 Å². The zero-order valence-corrected chi connectivity index (χ0v) is 16.3. The number of thiophene rings is 2. The van der Waals surface area contributed by atoms with Gasteiger partial charge in [0.15, 0.2) is 0 Å². The smallest absolute Gasteiger partial charge is 0.261 e. The first-order valence-corrected chi connectivity index (χ1v) is 10.8. The summed E-state index contributed by atoms with van der Waals surface area (Å²) in [4.78, 5) is 21.0. The first-order chi connectivity index (χ1) is 12.2. The summed E-state index contributed by atoms with van der Waals surface area (Å²) < 4.78 is 0. The number of fused-ring (bicyclic) bond motifs is 3. The molecule has 1 fully saturated rings. The van der Waals surface area contributed by atoms with Crippen molar-refractivity contribution in [2.45, 2.75) is 19.3 Å². The minimum atomic E-state index is 0.0922. The molecule has 0 bridgehead atoms. The Hall–Kier alpha value is -1.21. The van der Waals surface area contributed by atoms with Crippen molar-refractivity contribution in [3.63, 3.8) is 0 Å². The highest BCUT2D eigenvalue weighted by molar-refractivity contribution is 7.18. The maximum atomic E-state index is 12.5. The van der Waals surface area contributed by atoms with Crippen LogP contribution in [0.2, 0.25) is 0 Å². The lowest BCUT2D eigenvalue weighted by Crippen LogP contribution is -2.45. The predicted molar refractivity (Wildman–Crippen MR) is 106 cm³/mol. The Morgan fingerprint density at radius 1 is 1.24 bits per heavy atom. The number of rotatable bonds is 5. The summed E-state index contributed by atoms with van der Waals surface area (Å²) in [7, 11) is 2.18. The number of nitrogens with one attached hydrogen (secondary N) is 1. The van der Waals surface area contributed by atoms with Gasteiger partial charge in [0.2, 0.25) is 0 Å². The van der Waals surface area contributed by atoms with E-state index >= 15 is 0 Å². The zero-order valence-electron chi connectivity index (χ0n) is 14.7. The molecule has 25 heavy (non-hydrogen) atoms. The molecule has 1 saturated heterocycles. The van der Waals surface area contributed by atoms with Crippen LogP contribution in [0.25, 0.3) is 10.4 Å². The van der Waals surface area contributed by atoms with Gasteiger partial charge in [-0.1, -0.05) is 0 Å². The van der Waals surface area contributed by atoms with Crippen LogP contribution in [-0.4, -0.2) is 62.0 Å². The van der Waals surface area contributed by atoms with Crippen molar-refractivity contribution < 1.29 is 4.79 Å². The normalized spacial score (nSPS) is 18.0. The van der Waals surface area contributed by atoms with Crippen molar-refractivity contribution in [1.82, 2.24) is 15.1 Å². The van der Waals surface area contributed by atoms with Crippen LogP contribution >= 0.6 is 22.7 Å². The van der Waals surface area contributed by atoms with Gasteiger partial charge >= 0.3 is 0 Å². The fraction of sp³-hybridized carbons (Fsp3) is 0.526. The third-order valence-corrected chi connectivity index (χ3v) is 7.37. The minimum absolute atomic E-state index is 0.0922. The van der Waals surface area contributed by atoms with Crippen molar-refractivity contribution in [3.05, 3.63) is 32.8 Å². The van der Waals surface area contributed by atoms with Gasteiger partial charge in [-0.3, -0.25) is 4.79 Å². The molecule has 0 spiro atoms. The standard InChI is InChI=1S/C19H25N3OS2/c1-21-8-10-22(11-9-21)7-2-6-20-19(23)17-13-14-3-4-16-15(5-12-24-16)18(14)25-17/h5,12-13H,2-4,6-11H2,1H3,(H,20,23). The molecule has 1 aliphatic heterocycles. The lowest BCUT2D eigenvalue weighted by Gasteiger charge is -2.32. The lowest BCUT2D eigenvalue weighted by atomic mass is 9.98. The number of hydrogen-bond donors (Lipinski definition) is 1. The van der Waals surface area contributed by atoms with Gasteiger partial charge in [-0.25, -0.2) is 0 Å². The summed E-state index contributed by atoms with van der Waals surface area (Å²) in [5.74, 6) is 0.0922. The summed E-state index contributed by atoms with van der Waals surface area (Å²) in [5, 5.41) is 5.28. The number of carbonyl (C=O) groups excluding carboxylic acids is 1. The Balaban J connectivity index is 1.28. The molecule has 1 amide bonds. The molecule has 0 atom stereocenters. The molecule has 0 radical (unpaired) electrons. The van der Waals surface area contributed by atoms with E-state index in [-0.39, 0.29) is 5.91 Å². The Kier molecular flexibility index (Phi) is 5.22. The largest absolute Gasteiger partial charge is 0.351 e. The molecule has 4 rings (SSSR count). The number of carbonyl (C=O) groups is 1. The van der Waals surface area contributed by atoms with Crippen LogP contribution < -0.4 is 5.32 Å². The maximum absolute atomic E-state index is 12.5. The van der Waals surface area contributed by atoms with Crippen LogP contribution in [0.4, 0.5) is 0 Å². The summed E-state index contributed by atoms with van der Waals surface area (Å²) in [5.41, 5.74) is 2.70. The topological polar surface area (TPSA) is 35.6 Å². The monoisotopic (exact) mass is 375 g/mol. The van der Waals surface area contributed by atoms with Gasteiger partial charge in [-0.15, -0.1) is 22.7 Å². The molecule has 134 valence electrons. The average Bonchev–Trinajstić information content (AvgIpc) is 3.25. The van der Waals surface area contributed by atoms with Gasteiger partial charge in [0.25, 0.3) is 5.91 Å². The van der Waals surface area contributed by atoms with E-state index < -0.39 is 0 Å². The summed E-state index contributed by atoms with van der Waals surface area (Å²) in [6, 6.07) is 4.31. The van der Waals surface area contributed by atoms with Crippen LogP contribution in [0.1, 0.15) is 26.5 Å². The third kappa shape index (κ3) is 3.82. The van der Waals surface area contributed by atoms with Crippen LogP contribution in [0.5, 0.6) is 0 Å². The second kappa shape index (κ2) is 7.58. The minimum Gasteiger partial charge on any atom is -0.351 e. The molecule has 1 N–H and O–H groups in total. The highest BCUT2D eigenvalue weighted by Crippen LogP contribution is 2.41. The molecule has 0 saturated carbocycles. The zero-order chi connectivity index (χ0) is 17.2. The summed E-state index contributed by atoms with van der Waals surface area (Å²) in [6.45, 7) is 6.43. The number of likely N-dealkylation sites (N-methyl/N-ethyl adjacent to an activating group) is 1. The van der Waals surface area contributed by atoms with Crippen LogP contribution in [0.15, 0.2) is 17.5 Å². The van der Waals surface area contributed by atoms with E-state index in [1.54, 1.807) is 11.3 Å². The van der Waals surface area contributed by atoms with Crippen molar-refractivity contribution >= 4 is 28.6 Å². The molecule has 3 heterocycles. The van der Waals surface area contributed by atoms with Crippen LogP contribution in [0.3, 0.4) is 0 Å². The SMILES string of the molecule is CN1CCN(CCCNC(=O)c2cc3c(s2)-c2ccsc2CC3)CC1. The van der Waals surface area contributed by atoms with Gasteiger partial charge < -0.3 is 15.1 Å². The van der Waals surface area contributed by atoms with Crippen LogP contribution in [0, 0.1) is 0 Å². The maximum Gasteiger partial charge on any atom is 0.261 e. The number of hydrogen-bond acceptors (Lipinski definition) is 5. The molecular weight excluding hydrogens is 350 g/mol. The van der Waals surface area contributed by atoms with Gasteiger partial charge in [0, 0.05) is 48.0 Å². The molecule has 2 aliphatic rings. The molecule has 2 aromatic rings. The first kappa shape index (κ1) is 17.2. The van der Waals surface area contributed by atoms with E-state index in [4.69, 9.17) is 0 Å². The summed E-state index contributed by atoms with van der Waals surface area (Å²) in [6.07, 6.45) is 3.20. The van der Waals surface area contributed by atoms with Crippen molar-refractivity contribution in [3.8, 4) is 10.4 Å². The van der Waals surface area contributed by atoms with Crippen molar-refractivity contribution in [1.29, 1.82) is 0 Å². The first-order valence-electron chi connectivity index (χ1n) is 9.09. The highest BCUT2D eigenvalue weighted by atomic mass is 32.1. The number of amides is 1. The highest BCUT2D eigenvalue weighted by Gasteiger charge is 2.22. The fourth-order valence-corrected chi connectivity index (χ4v) is 5.73. The van der Waals surface area contributed by atoms with E-state index in [0.717, 1.165) is 63.4 Å². The molecule has 4 nitrogen and oxygen atoms in total. The third-order valence-electron chi connectivity index (χ3n) is 5.18.